The zero-order valence-electron chi connectivity index (χ0n) is 8.40. The number of carbonyl (C=O) groups excluding carboxylic acids is 1. The third-order valence-electron chi connectivity index (χ3n) is 1.84. The molecule has 82 valence electrons. The Hall–Kier alpha value is -2.24. The molecule has 0 aliphatic heterocycles. The van der Waals surface area contributed by atoms with Crippen LogP contribution < -0.4 is 5.32 Å². The van der Waals surface area contributed by atoms with Crippen molar-refractivity contribution >= 4 is 11.6 Å². The number of aryl methyl sites for hydroxylation is 1. The van der Waals surface area contributed by atoms with Crippen molar-refractivity contribution in [1.29, 1.82) is 0 Å². The minimum atomic E-state index is -0.603. The van der Waals surface area contributed by atoms with Crippen molar-refractivity contribution in [3.8, 4) is 0 Å². The number of nitrogens with one attached hydrogen (secondary N) is 1. The third-order valence-corrected chi connectivity index (χ3v) is 1.84. The Kier molecular flexibility index (Phi) is 2.63. The van der Waals surface area contributed by atoms with E-state index in [9.17, 15) is 9.18 Å². The molecule has 0 spiro atoms. The third kappa shape index (κ3) is 2.22. The van der Waals surface area contributed by atoms with Crippen LogP contribution in [0.1, 0.15) is 16.2 Å². The Morgan fingerprint density at radius 3 is 2.88 bits per heavy atom. The van der Waals surface area contributed by atoms with Crippen molar-refractivity contribution < 1.29 is 13.7 Å². The van der Waals surface area contributed by atoms with E-state index in [2.05, 4.69) is 15.5 Å². The number of pyridine rings is 1. The number of nitrogens with zero attached hydrogens (tertiary/aromatic N) is 2. The standard InChI is InChI=1S/C10H8FN3O2/c1-6-4-8(16-14-6)10(15)13-7-2-3-9(11)12-5-7/h2-5H,1H3,(H,13,15). The summed E-state index contributed by atoms with van der Waals surface area (Å²) in [5.74, 6) is -0.954. The Morgan fingerprint density at radius 2 is 2.31 bits per heavy atom. The molecule has 0 atom stereocenters. The van der Waals surface area contributed by atoms with Crippen LogP contribution in [0.15, 0.2) is 28.9 Å². The molecule has 0 saturated heterocycles. The monoisotopic (exact) mass is 221 g/mol. The van der Waals surface area contributed by atoms with E-state index >= 15 is 0 Å². The molecule has 5 nitrogen and oxygen atoms in total. The average Bonchev–Trinajstić information content (AvgIpc) is 2.68. The number of carbonyl (C=O) groups is 1. The smallest absolute Gasteiger partial charge is 0.294 e. The highest BCUT2D eigenvalue weighted by Gasteiger charge is 2.11. The molecule has 16 heavy (non-hydrogen) atoms. The van der Waals surface area contributed by atoms with E-state index in [1.54, 1.807) is 6.92 Å². The molecule has 6 heteroatoms. The summed E-state index contributed by atoms with van der Waals surface area (Å²) in [6, 6.07) is 4.07. The average molecular weight is 221 g/mol. The van der Waals surface area contributed by atoms with E-state index in [0.717, 1.165) is 6.07 Å². The summed E-state index contributed by atoms with van der Waals surface area (Å²) >= 11 is 0. The van der Waals surface area contributed by atoms with Crippen molar-refractivity contribution in [3.05, 3.63) is 41.8 Å². The molecule has 2 aromatic heterocycles. The normalized spacial score (nSPS) is 10.1. The second kappa shape index (κ2) is 4.09. The predicted molar refractivity (Wildman–Crippen MR) is 53.4 cm³/mol. The lowest BCUT2D eigenvalue weighted by Crippen LogP contribution is -2.11. The molecule has 0 unspecified atom stereocenters. The maximum Gasteiger partial charge on any atom is 0.294 e. The lowest BCUT2D eigenvalue weighted by Gasteiger charge is -2.00. The van der Waals surface area contributed by atoms with Gasteiger partial charge in [0.1, 0.15) is 0 Å². The number of aromatic nitrogens is 2. The zero-order valence-corrected chi connectivity index (χ0v) is 8.40. The van der Waals surface area contributed by atoms with Crippen LogP contribution in [-0.2, 0) is 0 Å². The molecule has 1 N–H and O–H groups in total. The summed E-state index contributed by atoms with van der Waals surface area (Å²) < 4.78 is 17.3. The fourth-order valence-electron chi connectivity index (χ4n) is 1.11. The highest BCUT2D eigenvalue weighted by atomic mass is 19.1. The fourth-order valence-corrected chi connectivity index (χ4v) is 1.11. The zero-order chi connectivity index (χ0) is 11.5. The number of amides is 1. The lowest BCUT2D eigenvalue weighted by atomic mass is 10.3. The van der Waals surface area contributed by atoms with Gasteiger partial charge >= 0.3 is 0 Å². The minimum absolute atomic E-state index is 0.0989. The molecular formula is C10H8FN3O2. The van der Waals surface area contributed by atoms with Crippen molar-refractivity contribution in [2.24, 2.45) is 0 Å². The van der Waals surface area contributed by atoms with Crippen molar-refractivity contribution in [2.75, 3.05) is 5.32 Å². The summed E-state index contributed by atoms with van der Waals surface area (Å²) in [6.45, 7) is 1.71. The molecular weight excluding hydrogens is 213 g/mol. The van der Waals surface area contributed by atoms with Crippen molar-refractivity contribution in [2.45, 2.75) is 6.92 Å². The molecule has 2 rings (SSSR count). The van der Waals surface area contributed by atoms with Crippen LogP contribution in [0.3, 0.4) is 0 Å². The topological polar surface area (TPSA) is 68.0 Å². The van der Waals surface area contributed by atoms with Gasteiger partial charge < -0.3 is 9.84 Å². The van der Waals surface area contributed by atoms with Crippen molar-refractivity contribution in [3.63, 3.8) is 0 Å². The number of hydrogen-bond donors (Lipinski definition) is 1. The molecule has 0 aliphatic rings. The van der Waals surface area contributed by atoms with Crippen LogP contribution >= 0.6 is 0 Å². The Morgan fingerprint density at radius 1 is 1.50 bits per heavy atom. The molecule has 0 aliphatic carbocycles. The van der Waals surface area contributed by atoms with Gasteiger partial charge in [-0.1, -0.05) is 5.16 Å². The lowest BCUT2D eigenvalue weighted by molar-refractivity contribution is 0.0988. The van der Waals surface area contributed by atoms with Crippen LogP contribution in [-0.4, -0.2) is 16.0 Å². The summed E-state index contributed by atoms with van der Waals surface area (Å²) in [4.78, 5) is 14.9. The van der Waals surface area contributed by atoms with Crippen LogP contribution in [0.4, 0.5) is 10.1 Å². The molecule has 2 heterocycles. The molecule has 0 bridgehead atoms. The number of hydrogen-bond acceptors (Lipinski definition) is 4. The number of halogens is 1. The van der Waals surface area contributed by atoms with Gasteiger partial charge in [-0.15, -0.1) is 0 Å². The molecule has 0 saturated carbocycles. The van der Waals surface area contributed by atoms with Gasteiger partial charge in [0, 0.05) is 6.07 Å². The van der Waals surface area contributed by atoms with Gasteiger partial charge in [0.2, 0.25) is 11.7 Å². The second-order valence-corrected chi connectivity index (χ2v) is 3.16. The van der Waals surface area contributed by atoms with Crippen LogP contribution in [0, 0.1) is 12.9 Å². The molecule has 0 aromatic carbocycles. The SMILES string of the molecule is Cc1cc(C(=O)Nc2ccc(F)nc2)on1. The first-order chi connectivity index (χ1) is 7.65. The van der Waals surface area contributed by atoms with Crippen LogP contribution in [0.5, 0.6) is 0 Å². The first-order valence-corrected chi connectivity index (χ1v) is 4.51. The Balaban J connectivity index is 2.10. The fraction of sp³-hybridized carbons (Fsp3) is 0.100. The van der Waals surface area contributed by atoms with E-state index in [4.69, 9.17) is 4.52 Å². The molecule has 2 aromatic rings. The summed E-state index contributed by atoms with van der Waals surface area (Å²) in [6.07, 6.45) is 1.22. The van der Waals surface area contributed by atoms with E-state index in [1.165, 1.54) is 18.3 Å². The van der Waals surface area contributed by atoms with Gasteiger partial charge in [-0.2, -0.15) is 4.39 Å². The van der Waals surface area contributed by atoms with Crippen LogP contribution in [0.2, 0.25) is 0 Å². The maximum absolute atomic E-state index is 12.5. The van der Waals surface area contributed by atoms with Crippen molar-refractivity contribution in [1.82, 2.24) is 10.1 Å². The van der Waals surface area contributed by atoms with Crippen LogP contribution in [0.25, 0.3) is 0 Å². The molecule has 0 fully saturated rings. The summed E-state index contributed by atoms with van der Waals surface area (Å²) in [5, 5.41) is 6.08. The number of anilines is 1. The van der Waals surface area contributed by atoms with Gasteiger partial charge in [-0.3, -0.25) is 4.79 Å². The minimum Gasteiger partial charge on any atom is -0.351 e. The predicted octanol–water partition coefficient (Wildman–Crippen LogP) is 1.77. The van der Waals surface area contributed by atoms with Gasteiger partial charge in [0.05, 0.1) is 17.6 Å². The Bertz CT molecular complexity index is 507. The molecule has 0 radical (unpaired) electrons. The van der Waals surface area contributed by atoms with Gasteiger partial charge in [-0.25, -0.2) is 4.98 Å². The first-order valence-electron chi connectivity index (χ1n) is 4.51. The largest absolute Gasteiger partial charge is 0.351 e. The highest BCUT2D eigenvalue weighted by Crippen LogP contribution is 2.09. The quantitative estimate of drug-likeness (QED) is 0.784. The number of rotatable bonds is 2. The summed E-state index contributed by atoms with van der Waals surface area (Å²) in [5.41, 5.74) is 1.00. The van der Waals surface area contributed by atoms with Gasteiger partial charge in [-0.05, 0) is 19.1 Å². The first kappa shape index (κ1) is 10.3. The van der Waals surface area contributed by atoms with E-state index in [0.29, 0.717) is 11.4 Å². The highest BCUT2D eigenvalue weighted by molar-refractivity contribution is 6.02. The van der Waals surface area contributed by atoms with E-state index in [-0.39, 0.29) is 5.76 Å². The second-order valence-electron chi connectivity index (χ2n) is 3.16. The van der Waals surface area contributed by atoms with Gasteiger partial charge in [0.15, 0.2) is 0 Å². The maximum atomic E-state index is 12.5. The summed E-state index contributed by atoms with van der Waals surface area (Å²) in [7, 11) is 0. The Labute approximate surface area is 90.3 Å². The van der Waals surface area contributed by atoms with E-state index < -0.39 is 11.9 Å². The van der Waals surface area contributed by atoms with Gasteiger partial charge in [0.25, 0.3) is 5.91 Å². The molecule has 1 amide bonds. The van der Waals surface area contributed by atoms with E-state index in [1.807, 2.05) is 0 Å².